The Bertz CT molecular complexity index is 64.1. The van der Waals surface area contributed by atoms with Crippen LogP contribution in [-0.2, 0) is 0 Å². The summed E-state index contributed by atoms with van der Waals surface area (Å²) in [4.78, 5) is 0. The van der Waals surface area contributed by atoms with Crippen molar-refractivity contribution in [2.75, 3.05) is 0 Å². The Labute approximate surface area is 57.7 Å². The van der Waals surface area contributed by atoms with Gasteiger partial charge in [0.25, 0.3) is 0 Å². The Kier molecular flexibility index (Phi) is 4.28. The number of nitrogens with two attached hydrogens (primary N) is 1. The highest BCUT2D eigenvalue weighted by atomic mass is 127. The minimum atomic E-state index is 0.972. The smallest absolute Gasteiger partial charge is 0.0558 e. The van der Waals surface area contributed by atoms with Crippen molar-refractivity contribution in [2.24, 2.45) is 5.73 Å². The number of hydrogen-bond donors (Lipinski definition) is 2. The van der Waals surface area contributed by atoms with E-state index in [9.17, 15) is 0 Å². The van der Waals surface area contributed by atoms with Gasteiger partial charge in [-0.25, -0.2) is 0 Å². The lowest BCUT2D eigenvalue weighted by Gasteiger charge is -1.95. The molecule has 0 aromatic heterocycles. The average molecular weight is 212 g/mol. The van der Waals surface area contributed by atoms with Gasteiger partial charge in [-0.2, -0.15) is 0 Å². The van der Waals surface area contributed by atoms with Crippen LogP contribution in [0.3, 0.4) is 0 Å². The summed E-state index contributed by atoms with van der Waals surface area (Å²) in [6, 6.07) is 0. The van der Waals surface area contributed by atoms with Crippen molar-refractivity contribution < 1.29 is 0 Å². The quantitative estimate of drug-likeness (QED) is 0.532. The first kappa shape index (κ1) is 7.07. The van der Waals surface area contributed by atoms with E-state index in [-0.39, 0.29) is 0 Å². The molecule has 7 heavy (non-hydrogen) atoms. The summed E-state index contributed by atoms with van der Waals surface area (Å²) in [7, 11) is 0. The van der Waals surface area contributed by atoms with Gasteiger partial charge in [0.15, 0.2) is 0 Å². The van der Waals surface area contributed by atoms with Gasteiger partial charge in [0.2, 0.25) is 0 Å². The van der Waals surface area contributed by atoms with Crippen molar-refractivity contribution >= 4 is 22.9 Å². The molecule has 0 aliphatic rings. The molecule has 3 heteroatoms. The molecule has 0 radical (unpaired) electrons. The SMILES string of the molecule is CCC(=CN)NI. The molecule has 0 aromatic carbocycles. The molecule has 0 aliphatic carbocycles. The largest absolute Gasteiger partial charge is 0.403 e. The molecule has 0 rings (SSSR count). The number of hydrogen-bond acceptors (Lipinski definition) is 2. The summed E-state index contributed by atoms with van der Waals surface area (Å²) >= 11 is 2.05. The fourth-order valence-corrected chi connectivity index (χ4v) is 0.777. The fraction of sp³-hybridized carbons (Fsp3) is 0.500. The van der Waals surface area contributed by atoms with Crippen LogP contribution < -0.4 is 9.26 Å². The zero-order valence-corrected chi connectivity index (χ0v) is 6.40. The third-order valence-corrected chi connectivity index (χ3v) is 1.40. The van der Waals surface area contributed by atoms with Crippen LogP contribution in [0.5, 0.6) is 0 Å². The third-order valence-electron chi connectivity index (χ3n) is 0.703. The first-order chi connectivity index (χ1) is 3.35. The highest BCUT2D eigenvalue weighted by molar-refractivity contribution is 14.1. The summed E-state index contributed by atoms with van der Waals surface area (Å²) in [5.41, 5.74) is 6.23. The summed E-state index contributed by atoms with van der Waals surface area (Å²) < 4.78 is 2.91. The molecule has 0 fully saturated rings. The Morgan fingerprint density at radius 3 is 2.57 bits per heavy atom. The molecule has 0 saturated heterocycles. The van der Waals surface area contributed by atoms with Crippen LogP contribution >= 0.6 is 22.9 Å². The van der Waals surface area contributed by atoms with Crippen LogP contribution in [0.25, 0.3) is 0 Å². The van der Waals surface area contributed by atoms with Gasteiger partial charge in [-0.1, -0.05) is 6.92 Å². The topological polar surface area (TPSA) is 38.0 Å². The normalized spacial score (nSPS) is 11.4. The van der Waals surface area contributed by atoms with Gasteiger partial charge in [-0.3, -0.25) is 0 Å². The molecule has 0 saturated carbocycles. The lowest BCUT2D eigenvalue weighted by atomic mass is 10.4. The predicted molar refractivity (Wildman–Crippen MR) is 39.7 cm³/mol. The fourth-order valence-electron chi connectivity index (χ4n) is 0.216. The molecule has 0 amide bonds. The minimum Gasteiger partial charge on any atom is -0.403 e. The van der Waals surface area contributed by atoms with Gasteiger partial charge in [0.1, 0.15) is 0 Å². The van der Waals surface area contributed by atoms with Crippen molar-refractivity contribution in [1.29, 1.82) is 0 Å². The van der Waals surface area contributed by atoms with Crippen LogP contribution in [0.1, 0.15) is 13.3 Å². The molecule has 2 nitrogen and oxygen atoms in total. The van der Waals surface area contributed by atoms with E-state index in [2.05, 4.69) is 26.4 Å². The predicted octanol–water partition coefficient (Wildman–Crippen LogP) is 1.14. The number of nitrogens with one attached hydrogen (secondary N) is 1. The molecule has 0 atom stereocenters. The number of rotatable bonds is 2. The van der Waals surface area contributed by atoms with E-state index in [1.807, 2.05) is 6.92 Å². The lowest BCUT2D eigenvalue weighted by molar-refractivity contribution is 1.03. The molecule has 0 aliphatic heterocycles. The highest BCUT2D eigenvalue weighted by Gasteiger charge is 1.82. The summed E-state index contributed by atoms with van der Waals surface area (Å²) in [5.74, 6) is 0. The second kappa shape index (κ2) is 4.23. The average Bonchev–Trinajstić information content (AvgIpc) is 1.72. The Balaban J connectivity index is 3.38. The molecule has 0 unspecified atom stereocenters. The molecule has 0 heterocycles. The lowest BCUT2D eigenvalue weighted by Crippen LogP contribution is -1.98. The van der Waals surface area contributed by atoms with E-state index < -0.39 is 0 Å². The first-order valence-corrected chi connectivity index (χ1v) is 3.20. The second-order valence-electron chi connectivity index (χ2n) is 1.14. The van der Waals surface area contributed by atoms with Crippen LogP contribution in [0.15, 0.2) is 11.9 Å². The van der Waals surface area contributed by atoms with Gasteiger partial charge in [-0.05, 0) is 6.42 Å². The van der Waals surface area contributed by atoms with Crippen LogP contribution in [0.2, 0.25) is 0 Å². The molecule has 42 valence electrons. The number of allylic oxidation sites excluding steroid dienone is 1. The van der Waals surface area contributed by atoms with Crippen molar-refractivity contribution in [3.05, 3.63) is 11.9 Å². The Hall–Kier alpha value is 0.0700. The van der Waals surface area contributed by atoms with E-state index in [0.29, 0.717) is 0 Å². The maximum absolute atomic E-state index is 5.16. The van der Waals surface area contributed by atoms with Gasteiger partial charge in [-0.15, -0.1) is 0 Å². The van der Waals surface area contributed by atoms with Crippen LogP contribution in [0.4, 0.5) is 0 Å². The molecule has 0 aromatic rings. The van der Waals surface area contributed by atoms with Crippen molar-refractivity contribution in [1.82, 2.24) is 3.53 Å². The van der Waals surface area contributed by atoms with E-state index >= 15 is 0 Å². The molecule has 0 bridgehead atoms. The first-order valence-electron chi connectivity index (χ1n) is 2.12. The van der Waals surface area contributed by atoms with E-state index in [1.54, 1.807) is 6.20 Å². The van der Waals surface area contributed by atoms with Gasteiger partial charge >= 0.3 is 0 Å². The van der Waals surface area contributed by atoms with Crippen LogP contribution in [-0.4, -0.2) is 0 Å². The summed E-state index contributed by atoms with van der Waals surface area (Å²) in [5, 5.41) is 0. The van der Waals surface area contributed by atoms with E-state index in [0.717, 1.165) is 12.1 Å². The molecular weight excluding hydrogens is 203 g/mol. The standard InChI is InChI=1S/C4H9IN2/c1-2-4(3-6)7-5/h3,7H,2,6H2,1H3. The van der Waals surface area contributed by atoms with E-state index in [1.165, 1.54) is 0 Å². The highest BCUT2D eigenvalue weighted by Crippen LogP contribution is 1.93. The van der Waals surface area contributed by atoms with E-state index in [4.69, 9.17) is 5.73 Å². The number of halogens is 1. The summed E-state index contributed by atoms with van der Waals surface area (Å²) in [6.45, 7) is 2.05. The minimum absolute atomic E-state index is 0.972. The van der Waals surface area contributed by atoms with Crippen molar-refractivity contribution in [2.45, 2.75) is 13.3 Å². The third kappa shape index (κ3) is 2.73. The monoisotopic (exact) mass is 212 g/mol. The maximum atomic E-state index is 5.16. The zero-order chi connectivity index (χ0) is 5.70. The Morgan fingerprint density at radius 2 is 2.57 bits per heavy atom. The van der Waals surface area contributed by atoms with Gasteiger partial charge in [0.05, 0.1) is 22.9 Å². The molecule has 3 N–H and O–H groups in total. The summed E-state index contributed by atoms with van der Waals surface area (Å²) in [6.07, 6.45) is 2.55. The zero-order valence-electron chi connectivity index (χ0n) is 4.24. The maximum Gasteiger partial charge on any atom is 0.0558 e. The Morgan fingerprint density at radius 1 is 2.00 bits per heavy atom. The van der Waals surface area contributed by atoms with Gasteiger partial charge in [0, 0.05) is 11.9 Å². The van der Waals surface area contributed by atoms with Crippen molar-refractivity contribution in [3.63, 3.8) is 0 Å². The molecule has 0 spiro atoms. The molecular formula is C4H9IN2. The second-order valence-corrected chi connectivity index (χ2v) is 1.68. The van der Waals surface area contributed by atoms with Gasteiger partial charge < -0.3 is 9.26 Å². The van der Waals surface area contributed by atoms with Crippen LogP contribution in [0, 0.1) is 0 Å². The van der Waals surface area contributed by atoms with Crippen molar-refractivity contribution in [3.8, 4) is 0 Å².